The molecule has 0 aliphatic rings. The van der Waals surface area contributed by atoms with E-state index in [9.17, 15) is 14.3 Å². The van der Waals surface area contributed by atoms with E-state index in [4.69, 9.17) is 10.5 Å². The Kier molecular flexibility index (Phi) is 5.47. The molecule has 0 heterocycles. The largest absolute Gasteiger partial charge is 0.444 e. The number of hydrogen-bond donors (Lipinski definition) is 3. The van der Waals surface area contributed by atoms with Crippen LogP contribution in [0.4, 0.5) is 14.9 Å². The van der Waals surface area contributed by atoms with Gasteiger partial charge in [-0.3, -0.25) is 5.32 Å². The van der Waals surface area contributed by atoms with E-state index in [0.717, 1.165) is 0 Å². The molecular formula is C14H21FN2O3. The number of halogens is 1. The maximum atomic E-state index is 13.7. The molecule has 4 N–H and O–H groups in total. The third-order valence-corrected chi connectivity index (χ3v) is 2.59. The van der Waals surface area contributed by atoms with Crippen molar-refractivity contribution in [3.05, 3.63) is 29.6 Å². The summed E-state index contributed by atoms with van der Waals surface area (Å²) in [6, 6.07) is 4.10. The van der Waals surface area contributed by atoms with Gasteiger partial charge in [0.1, 0.15) is 11.4 Å². The Morgan fingerprint density at radius 3 is 2.65 bits per heavy atom. The van der Waals surface area contributed by atoms with Crippen LogP contribution in [0.5, 0.6) is 0 Å². The minimum absolute atomic E-state index is 0.114. The molecule has 1 unspecified atom stereocenters. The van der Waals surface area contributed by atoms with Crippen molar-refractivity contribution < 1.29 is 19.0 Å². The summed E-state index contributed by atoms with van der Waals surface area (Å²) in [6.07, 6.45) is -0.622. The quantitative estimate of drug-likeness (QED) is 0.791. The van der Waals surface area contributed by atoms with Gasteiger partial charge in [0, 0.05) is 18.2 Å². The van der Waals surface area contributed by atoms with E-state index in [-0.39, 0.29) is 18.7 Å². The first-order valence-electron chi connectivity index (χ1n) is 6.37. The Balaban J connectivity index is 2.87. The fraction of sp³-hybridized carbons (Fsp3) is 0.500. The fourth-order valence-electron chi connectivity index (χ4n) is 1.66. The summed E-state index contributed by atoms with van der Waals surface area (Å²) in [5.74, 6) is -0.973. The average Bonchev–Trinajstić information content (AvgIpc) is 2.32. The van der Waals surface area contributed by atoms with Crippen LogP contribution < -0.4 is 11.1 Å². The number of rotatable bonds is 4. The Morgan fingerprint density at radius 2 is 2.15 bits per heavy atom. The van der Waals surface area contributed by atoms with Crippen LogP contribution in [0.25, 0.3) is 0 Å². The number of carbonyl (C=O) groups excluding carboxylic acids is 1. The van der Waals surface area contributed by atoms with Crippen molar-refractivity contribution >= 4 is 11.8 Å². The second-order valence-corrected chi connectivity index (χ2v) is 5.48. The highest BCUT2D eigenvalue weighted by molar-refractivity contribution is 5.85. The molecule has 0 radical (unpaired) electrons. The van der Waals surface area contributed by atoms with Crippen LogP contribution in [-0.2, 0) is 4.74 Å². The Labute approximate surface area is 117 Å². The highest BCUT2D eigenvalue weighted by Crippen LogP contribution is 2.22. The van der Waals surface area contributed by atoms with E-state index >= 15 is 0 Å². The van der Waals surface area contributed by atoms with Gasteiger partial charge in [0.15, 0.2) is 0 Å². The molecule has 0 aromatic heterocycles. The minimum atomic E-state index is -0.622. The highest BCUT2D eigenvalue weighted by atomic mass is 19.1. The summed E-state index contributed by atoms with van der Waals surface area (Å²) in [7, 11) is 0. The maximum absolute atomic E-state index is 13.7. The van der Waals surface area contributed by atoms with Gasteiger partial charge in [0.2, 0.25) is 0 Å². The molecule has 6 heteroatoms. The molecule has 0 bridgehead atoms. The van der Waals surface area contributed by atoms with Gasteiger partial charge in [-0.15, -0.1) is 0 Å². The first-order chi connectivity index (χ1) is 9.26. The van der Waals surface area contributed by atoms with Crippen molar-refractivity contribution in [1.82, 2.24) is 0 Å². The van der Waals surface area contributed by atoms with Crippen molar-refractivity contribution in [2.75, 3.05) is 18.5 Å². The van der Waals surface area contributed by atoms with E-state index < -0.39 is 23.4 Å². The molecular weight excluding hydrogens is 263 g/mol. The molecule has 1 rings (SSSR count). The van der Waals surface area contributed by atoms with Crippen LogP contribution in [0.15, 0.2) is 18.2 Å². The molecule has 1 atom stereocenters. The lowest BCUT2D eigenvalue weighted by Gasteiger charge is -2.20. The molecule has 0 aliphatic heterocycles. The lowest BCUT2D eigenvalue weighted by Crippen LogP contribution is -2.27. The summed E-state index contributed by atoms with van der Waals surface area (Å²) in [5, 5.41) is 11.7. The van der Waals surface area contributed by atoms with Crippen LogP contribution in [-0.4, -0.2) is 30.0 Å². The molecule has 1 aromatic rings. The van der Waals surface area contributed by atoms with E-state index in [1.807, 2.05) is 0 Å². The van der Waals surface area contributed by atoms with Crippen LogP contribution in [0.2, 0.25) is 0 Å². The zero-order valence-electron chi connectivity index (χ0n) is 11.9. The first-order valence-corrected chi connectivity index (χ1v) is 6.37. The molecule has 112 valence electrons. The highest BCUT2D eigenvalue weighted by Gasteiger charge is 2.18. The molecule has 1 amide bonds. The van der Waals surface area contributed by atoms with Gasteiger partial charge in [-0.25, -0.2) is 9.18 Å². The van der Waals surface area contributed by atoms with Crippen molar-refractivity contribution in [1.29, 1.82) is 0 Å². The second kappa shape index (κ2) is 6.67. The van der Waals surface area contributed by atoms with Gasteiger partial charge in [0.25, 0.3) is 0 Å². The number of hydrogen-bond acceptors (Lipinski definition) is 4. The van der Waals surface area contributed by atoms with Gasteiger partial charge in [-0.2, -0.15) is 0 Å². The Hall–Kier alpha value is -1.66. The van der Waals surface area contributed by atoms with E-state index in [1.165, 1.54) is 18.2 Å². The molecule has 1 aromatic carbocycles. The van der Waals surface area contributed by atoms with Crippen molar-refractivity contribution in [3.8, 4) is 0 Å². The van der Waals surface area contributed by atoms with Gasteiger partial charge in [0.05, 0.1) is 6.61 Å². The minimum Gasteiger partial charge on any atom is -0.444 e. The van der Waals surface area contributed by atoms with Crippen LogP contribution in [0.3, 0.4) is 0 Å². The number of aliphatic hydroxyl groups is 1. The Morgan fingerprint density at radius 1 is 1.50 bits per heavy atom. The third-order valence-electron chi connectivity index (χ3n) is 2.59. The summed E-state index contributed by atoms with van der Waals surface area (Å²) in [6.45, 7) is 5.10. The smallest absolute Gasteiger partial charge is 0.412 e. The van der Waals surface area contributed by atoms with Crippen LogP contribution in [0, 0.1) is 5.82 Å². The number of aliphatic hydroxyl groups excluding tert-OH is 1. The van der Waals surface area contributed by atoms with Gasteiger partial charge in [-0.1, -0.05) is 0 Å². The zero-order chi connectivity index (χ0) is 15.3. The lowest BCUT2D eigenvalue weighted by molar-refractivity contribution is 0.0636. The van der Waals surface area contributed by atoms with Crippen LogP contribution in [0.1, 0.15) is 32.3 Å². The van der Waals surface area contributed by atoms with Gasteiger partial charge < -0.3 is 15.6 Å². The predicted molar refractivity (Wildman–Crippen MR) is 75.1 cm³/mol. The van der Waals surface area contributed by atoms with Crippen molar-refractivity contribution in [3.63, 3.8) is 0 Å². The fourth-order valence-corrected chi connectivity index (χ4v) is 1.66. The first kappa shape index (κ1) is 16.4. The second-order valence-electron chi connectivity index (χ2n) is 5.48. The van der Waals surface area contributed by atoms with Gasteiger partial charge >= 0.3 is 6.09 Å². The molecule has 5 nitrogen and oxygen atoms in total. The monoisotopic (exact) mass is 284 g/mol. The van der Waals surface area contributed by atoms with E-state index in [0.29, 0.717) is 5.69 Å². The third kappa shape index (κ3) is 4.79. The van der Waals surface area contributed by atoms with Crippen molar-refractivity contribution in [2.45, 2.75) is 32.3 Å². The number of carbonyl (C=O) groups is 1. The number of amides is 1. The molecule has 0 saturated heterocycles. The number of ether oxygens (including phenoxy) is 1. The molecule has 20 heavy (non-hydrogen) atoms. The summed E-state index contributed by atoms with van der Waals surface area (Å²) in [4.78, 5) is 11.6. The standard InChI is InChI=1S/C14H21FN2O3/c1-14(2,3)20-13(19)17-10-4-5-12(15)11(6-10)9(7-16)8-18/h4-6,9,18H,7-8,16H2,1-3H3,(H,17,19). The lowest BCUT2D eigenvalue weighted by atomic mass is 9.99. The van der Waals surface area contributed by atoms with E-state index in [2.05, 4.69) is 5.32 Å². The van der Waals surface area contributed by atoms with Gasteiger partial charge in [-0.05, 0) is 44.5 Å². The van der Waals surface area contributed by atoms with E-state index in [1.54, 1.807) is 20.8 Å². The molecule has 0 fully saturated rings. The number of benzene rings is 1. The van der Waals surface area contributed by atoms with Crippen molar-refractivity contribution in [2.24, 2.45) is 5.73 Å². The summed E-state index contributed by atoms with van der Waals surface area (Å²) < 4.78 is 18.8. The van der Waals surface area contributed by atoms with Crippen LogP contribution >= 0.6 is 0 Å². The maximum Gasteiger partial charge on any atom is 0.412 e. The molecule has 0 saturated carbocycles. The topological polar surface area (TPSA) is 84.6 Å². The predicted octanol–water partition coefficient (Wildman–Crippen LogP) is 2.21. The number of anilines is 1. The summed E-state index contributed by atoms with van der Waals surface area (Å²) in [5.41, 5.74) is 5.53. The average molecular weight is 284 g/mol. The number of nitrogens with one attached hydrogen (secondary N) is 1. The Bertz CT molecular complexity index is 468. The number of nitrogens with two attached hydrogens (primary N) is 1. The molecule has 0 aliphatic carbocycles. The normalized spacial score (nSPS) is 12.9. The summed E-state index contributed by atoms with van der Waals surface area (Å²) >= 11 is 0. The SMILES string of the molecule is CC(C)(C)OC(=O)Nc1ccc(F)c(C(CN)CO)c1. The molecule has 0 spiro atoms. The zero-order valence-corrected chi connectivity index (χ0v) is 11.9.